The van der Waals surface area contributed by atoms with E-state index in [1.165, 1.54) is 5.56 Å². The monoisotopic (exact) mass is 305 g/mol. The normalized spacial score (nSPS) is 10.4. The van der Waals surface area contributed by atoms with Crippen molar-refractivity contribution in [2.75, 3.05) is 0 Å². The first kappa shape index (κ1) is 13.1. The van der Waals surface area contributed by atoms with Crippen molar-refractivity contribution in [3.05, 3.63) is 63.6 Å². The summed E-state index contributed by atoms with van der Waals surface area (Å²) in [6.07, 6.45) is 0. The van der Waals surface area contributed by atoms with Gasteiger partial charge < -0.3 is 10.5 Å². The molecule has 0 aliphatic carbocycles. The van der Waals surface area contributed by atoms with Crippen LogP contribution in [0.15, 0.2) is 46.9 Å². The Morgan fingerprint density at radius 1 is 1.11 bits per heavy atom. The van der Waals surface area contributed by atoms with Crippen LogP contribution in [-0.4, -0.2) is 0 Å². The zero-order chi connectivity index (χ0) is 13.0. The highest BCUT2D eigenvalue weighted by Crippen LogP contribution is 2.21. The van der Waals surface area contributed by atoms with Crippen molar-refractivity contribution in [2.24, 2.45) is 5.73 Å². The third-order valence-corrected chi connectivity index (χ3v) is 3.27. The van der Waals surface area contributed by atoms with E-state index in [0.29, 0.717) is 13.2 Å². The second-order valence-electron chi connectivity index (χ2n) is 4.23. The van der Waals surface area contributed by atoms with Crippen molar-refractivity contribution in [3.8, 4) is 5.75 Å². The van der Waals surface area contributed by atoms with Crippen LogP contribution < -0.4 is 10.5 Å². The molecule has 18 heavy (non-hydrogen) atoms. The molecule has 0 amide bonds. The van der Waals surface area contributed by atoms with Crippen LogP contribution in [0.4, 0.5) is 0 Å². The maximum Gasteiger partial charge on any atom is 0.124 e. The molecule has 2 aromatic carbocycles. The van der Waals surface area contributed by atoms with Gasteiger partial charge >= 0.3 is 0 Å². The summed E-state index contributed by atoms with van der Waals surface area (Å²) in [6.45, 7) is 3.11. The van der Waals surface area contributed by atoms with Gasteiger partial charge in [0.05, 0.1) is 0 Å². The molecular weight excluding hydrogens is 290 g/mol. The Morgan fingerprint density at radius 2 is 1.83 bits per heavy atom. The average Bonchev–Trinajstić information content (AvgIpc) is 2.39. The Balaban J connectivity index is 2.08. The molecule has 0 saturated carbocycles. The highest BCUT2D eigenvalue weighted by Gasteiger charge is 2.03. The van der Waals surface area contributed by atoms with Crippen LogP contribution in [0.25, 0.3) is 0 Å². The molecule has 3 heteroatoms. The maximum absolute atomic E-state index is 5.81. The molecule has 0 aliphatic heterocycles. The van der Waals surface area contributed by atoms with Crippen LogP contribution in [-0.2, 0) is 13.2 Å². The first-order valence-electron chi connectivity index (χ1n) is 5.86. The molecule has 0 fully saturated rings. The van der Waals surface area contributed by atoms with Gasteiger partial charge in [0.25, 0.3) is 0 Å². The fourth-order valence-corrected chi connectivity index (χ4v) is 2.01. The number of nitrogens with two attached hydrogens (primary N) is 1. The van der Waals surface area contributed by atoms with E-state index in [1.807, 2.05) is 36.4 Å². The van der Waals surface area contributed by atoms with E-state index >= 15 is 0 Å². The Kier molecular flexibility index (Phi) is 4.39. The Hall–Kier alpha value is -1.32. The van der Waals surface area contributed by atoms with Crippen molar-refractivity contribution in [1.82, 2.24) is 0 Å². The highest BCUT2D eigenvalue weighted by molar-refractivity contribution is 9.10. The summed E-state index contributed by atoms with van der Waals surface area (Å²) < 4.78 is 6.89. The second kappa shape index (κ2) is 6.03. The van der Waals surface area contributed by atoms with Crippen LogP contribution in [0.2, 0.25) is 0 Å². The van der Waals surface area contributed by atoms with Crippen molar-refractivity contribution in [2.45, 2.75) is 20.1 Å². The van der Waals surface area contributed by atoms with E-state index in [1.54, 1.807) is 0 Å². The van der Waals surface area contributed by atoms with Gasteiger partial charge in [0.1, 0.15) is 12.4 Å². The SMILES string of the molecule is Cc1ccc(OCc2ccc(Br)cc2)c(CN)c1. The summed E-state index contributed by atoms with van der Waals surface area (Å²) in [5.74, 6) is 0.867. The zero-order valence-electron chi connectivity index (χ0n) is 10.3. The molecule has 0 atom stereocenters. The average molecular weight is 306 g/mol. The number of ether oxygens (including phenoxy) is 1. The topological polar surface area (TPSA) is 35.2 Å². The van der Waals surface area contributed by atoms with Gasteiger partial charge in [0, 0.05) is 16.6 Å². The summed E-state index contributed by atoms with van der Waals surface area (Å²) in [5.41, 5.74) is 9.11. The van der Waals surface area contributed by atoms with Gasteiger partial charge in [-0.2, -0.15) is 0 Å². The molecule has 2 nitrogen and oxygen atoms in total. The molecule has 0 radical (unpaired) electrons. The number of aryl methyl sites for hydroxylation is 1. The molecule has 0 spiro atoms. The molecule has 2 aromatic rings. The maximum atomic E-state index is 5.81. The molecule has 0 aliphatic rings. The van der Waals surface area contributed by atoms with Gasteiger partial charge in [-0.1, -0.05) is 45.8 Å². The molecular formula is C15H16BrNO. The molecule has 2 rings (SSSR count). The lowest BCUT2D eigenvalue weighted by atomic mass is 10.1. The molecule has 0 unspecified atom stereocenters. The zero-order valence-corrected chi connectivity index (χ0v) is 11.9. The minimum atomic E-state index is 0.497. The first-order valence-corrected chi connectivity index (χ1v) is 6.65. The van der Waals surface area contributed by atoms with Gasteiger partial charge in [0.15, 0.2) is 0 Å². The smallest absolute Gasteiger partial charge is 0.124 e. The van der Waals surface area contributed by atoms with Gasteiger partial charge in [-0.05, 0) is 30.7 Å². The third-order valence-electron chi connectivity index (χ3n) is 2.74. The highest BCUT2D eigenvalue weighted by atomic mass is 79.9. The molecule has 0 heterocycles. The number of benzene rings is 2. The Labute approximate surface area is 116 Å². The second-order valence-corrected chi connectivity index (χ2v) is 5.15. The first-order chi connectivity index (χ1) is 8.69. The van der Waals surface area contributed by atoms with Gasteiger partial charge in [-0.3, -0.25) is 0 Å². The van der Waals surface area contributed by atoms with E-state index in [2.05, 4.69) is 28.9 Å². The molecule has 94 valence electrons. The molecule has 0 bridgehead atoms. The number of rotatable bonds is 4. The van der Waals surface area contributed by atoms with Crippen LogP contribution in [0.5, 0.6) is 5.75 Å². The number of hydrogen-bond donors (Lipinski definition) is 1. The summed E-state index contributed by atoms with van der Waals surface area (Å²) in [7, 11) is 0. The van der Waals surface area contributed by atoms with Gasteiger partial charge in [-0.15, -0.1) is 0 Å². The van der Waals surface area contributed by atoms with Crippen LogP contribution in [0.1, 0.15) is 16.7 Å². The summed E-state index contributed by atoms with van der Waals surface area (Å²) in [4.78, 5) is 0. The van der Waals surface area contributed by atoms with Gasteiger partial charge in [-0.25, -0.2) is 0 Å². The molecule has 2 N–H and O–H groups in total. The fourth-order valence-electron chi connectivity index (χ4n) is 1.75. The van der Waals surface area contributed by atoms with Crippen molar-refractivity contribution in [3.63, 3.8) is 0 Å². The molecule has 0 saturated heterocycles. The Bertz CT molecular complexity index is 523. The van der Waals surface area contributed by atoms with Crippen LogP contribution >= 0.6 is 15.9 Å². The quantitative estimate of drug-likeness (QED) is 0.932. The summed E-state index contributed by atoms with van der Waals surface area (Å²) in [5, 5.41) is 0. The van der Waals surface area contributed by atoms with Crippen LogP contribution in [0, 0.1) is 6.92 Å². The third kappa shape index (κ3) is 3.34. The summed E-state index contributed by atoms with van der Waals surface area (Å²) >= 11 is 3.41. The van der Waals surface area contributed by atoms with Gasteiger partial charge in [0.2, 0.25) is 0 Å². The van der Waals surface area contributed by atoms with E-state index in [-0.39, 0.29) is 0 Å². The van der Waals surface area contributed by atoms with E-state index in [9.17, 15) is 0 Å². The lowest BCUT2D eigenvalue weighted by Gasteiger charge is -2.11. The van der Waals surface area contributed by atoms with Crippen molar-refractivity contribution >= 4 is 15.9 Å². The minimum Gasteiger partial charge on any atom is -0.489 e. The van der Waals surface area contributed by atoms with E-state index in [4.69, 9.17) is 10.5 Å². The number of hydrogen-bond acceptors (Lipinski definition) is 2. The predicted molar refractivity (Wildman–Crippen MR) is 77.5 cm³/mol. The Morgan fingerprint density at radius 3 is 2.50 bits per heavy atom. The number of halogens is 1. The lowest BCUT2D eigenvalue weighted by molar-refractivity contribution is 0.303. The van der Waals surface area contributed by atoms with E-state index < -0.39 is 0 Å². The molecule has 0 aromatic heterocycles. The summed E-state index contributed by atoms with van der Waals surface area (Å²) in [6, 6.07) is 14.2. The van der Waals surface area contributed by atoms with Crippen molar-refractivity contribution < 1.29 is 4.74 Å². The van der Waals surface area contributed by atoms with Crippen LogP contribution in [0.3, 0.4) is 0 Å². The lowest BCUT2D eigenvalue weighted by Crippen LogP contribution is -2.03. The fraction of sp³-hybridized carbons (Fsp3) is 0.200. The standard InChI is InChI=1S/C15H16BrNO/c1-11-2-7-15(13(8-11)9-17)18-10-12-3-5-14(16)6-4-12/h2-8H,9-10,17H2,1H3. The van der Waals surface area contributed by atoms with Crippen molar-refractivity contribution in [1.29, 1.82) is 0 Å². The largest absolute Gasteiger partial charge is 0.489 e. The van der Waals surface area contributed by atoms with E-state index in [0.717, 1.165) is 21.3 Å². The predicted octanol–water partition coefficient (Wildman–Crippen LogP) is 3.80. The minimum absolute atomic E-state index is 0.497.